The molecule has 1 saturated heterocycles. The Morgan fingerprint density at radius 1 is 1.12 bits per heavy atom. The first kappa shape index (κ1) is 27.3. The number of hydrogen-bond acceptors (Lipinski definition) is 5. The van der Waals surface area contributed by atoms with Crippen molar-refractivity contribution in [3.63, 3.8) is 0 Å². The van der Waals surface area contributed by atoms with Gasteiger partial charge in [0.2, 0.25) is 5.91 Å². The van der Waals surface area contributed by atoms with Crippen LogP contribution in [0.15, 0.2) is 30.3 Å². The zero-order chi connectivity index (χ0) is 28.7. The van der Waals surface area contributed by atoms with Crippen LogP contribution in [0.25, 0.3) is 0 Å². The number of likely N-dealkylation sites (tertiary alicyclic amines) is 1. The van der Waals surface area contributed by atoms with Crippen molar-refractivity contribution in [2.24, 2.45) is 11.8 Å². The van der Waals surface area contributed by atoms with Gasteiger partial charge in [-0.05, 0) is 105 Å². The van der Waals surface area contributed by atoms with E-state index in [-0.39, 0.29) is 29.8 Å². The average molecular weight is 559 g/mol. The Bertz CT molecular complexity index is 1370. The average Bonchev–Trinajstić information content (AvgIpc) is 3.68. The standard InChI is InChI=1S/C35H46N2O4/c1-21(2)19-37(30(39)12-9-24-6-5-22(3)23(4)17-24)27-13-14-35(40)29-18-26-10-11-28(38)32-31(26)34(35,33(27)41-32)15-16-36(29)20-25-7-8-25/h5-6,10-11,17,21,25,27,29,33,38,40H,7-9,12-16,18-20H2,1-4H3/t27?,29-,33?,34+,35-/m1/s1. The van der Waals surface area contributed by atoms with Gasteiger partial charge in [0.15, 0.2) is 11.5 Å². The number of aromatic hydroxyl groups is 1. The number of aliphatic hydroxyl groups is 1. The molecule has 220 valence electrons. The number of hydrogen-bond donors (Lipinski definition) is 2. The number of piperidine rings is 1. The molecule has 5 atom stereocenters. The van der Waals surface area contributed by atoms with Crippen molar-refractivity contribution in [1.82, 2.24) is 9.80 Å². The lowest BCUT2D eigenvalue weighted by Crippen LogP contribution is -2.78. The van der Waals surface area contributed by atoms with Crippen LogP contribution in [-0.4, -0.2) is 69.3 Å². The second-order valence-corrected chi connectivity index (χ2v) is 14.3. The Labute approximate surface area is 244 Å². The van der Waals surface area contributed by atoms with Crippen molar-refractivity contribution in [2.75, 3.05) is 19.6 Å². The van der Waals surface area contributed by atoms with E-state index in [1.807, 2.05) is 0 Å². The van der Waals surface area contributed by atoms with Gasteiger partial charge >= 0.3 is 0 Å². The molecule has 2 aromatic rings. The minimum Gasteiger partial charge on any atom is -0.504 e. The van der Waals surface area contributed by atoms with Crippen molar-refractivity contribution < 1.29 is 19.7 Å². The summed E-state index contributed by atoms with van der Waals surface area (Å²) >= 11 is 0. The fraction of sp³-hybridized carbons (Fsp3) is 0.629. The van der Waals surface area contributed by atoms with Gasteiger partial charge in [0, 0.05) is 31.1 Å². The number of ether oxygens (including phenoxy) is 1. The first-order valence-electron chi connectivity index (χ1n) is 16.0. The summed E-state index contributed by atoms with van der Waals surface area (Å²) in [5.41, 5.74) is 4.42. The van der Waals surface area contributed by atoms with E-state index in [1.165, 1.54) is 35.1 Å². The summed E-state index contributed by atoms with van der Waals surface area (Å²) in [4.78, 5) is 18.7. The fourth-order valence-electron chi connectivity index (χ4n) is 8.94. The monoisotopic (exact) mass is 558 g/mol. The Morgan fingerprint density at radius 2 is 1.93 bits per heavy atom. The molecule has 6 nitrogen and oxygen atoms in total. The van der Waals surface area contributed by atoms with Gasteiger partial charge in [0.1, 0.15) is 6.10 Å². The summed E-state index contributed by atoms with van der Waals surface area (Å²) < 4.78 is 6.80. The van der Waals surface area contributed by atoms with Crippen LogP contribution < -0.4 is 4.74 Å². The molecule has 5 aliphatic rings. The van der Waals surface area contributed by atoms with Crippen LogP contribution >= 0.6 is 0 Å². The smallest absolute Gasteiger partial charge is 0.223 e. The van der Waals surface area contributed by atoms with Crippen LogP contribution in [0.2, 0.25) is 0 Å². The summed E-state index contributed by atoms with van der Waals surface area (Å²) in [6, 6.07) is 10.2. The molecule has 2 N–H and O–H groups in total. The third-order valence-corrected chi connectivity index (χ3v) is 11.2. The molecule has 2 unspecified atom stereocenters. The number of carbonyl (C=O) groups excluding carboxylic acids is 1. The summed E-state index contributed by atoms with van der Waals surface area (Å²) in [7, 11) is 0. The predicted molar refractivity (Wildman–Crippen MR) is 159 cm³/mol. The number of amides is 1. The van der Waals surface area contributed by atoms with Crippen LogP contribution in [0.4, 0.5) is 0 Å². The lowest BCUT2D eigenvalue weighted by molar-refractivity contribution is -0.202. The van der Waals surface area contributed by atoms with E-state index >= 15 is 0 Å². The zero-order valence-corrected chi connectivity index (χ0v) is 25.2. The maximum atomic E-state index is 14.1. The summed E-state index contributed by atoms with van der Waals surface area (Å²) in [6.07, 6.45) is 6.34. The van der Waals surface area contributed by atoms with Crippen molar-refractivity contribution in [2.45, 2.75) is 108 Å². The lowest BCUT2D eigenvalue weighted by atomic mass is 9.48. The SMILES string of the molecule is Cc1ccc(CCC(=O)N(CC(C)C)C2CC[C@@]3(O)[C@H]4Cc5ccc(O)c6c5[C@@]3(CCN4CC3CC3)C2O6)cc1C. The third kappa shape index (κ3) is 4.15. The maximum absolute atomic E-state index is 14.1. The first-order chi connectivity index (χ1) is 19.6. The van der Waals surface area contributed by atoms with E-state index in [4.69, 9.17) is 4.74 Å². The van der Waals surface area contributed by atoms with Gasteiger partial charge in [-0.25, -0.2) is 0 Å². The molecule has 3 fully saturated rings. The number of phenols is 1. The molecule has 2 bridgehead atoms. The van der Waals surface area contributed by atoms with E-state index in [0.717, 1.165) is 37.4 Å². The van der Waals surface area contributed by atoms with E-state index in [1.54, 1.807) is 6.07 Å². The molecule has 2 saturated carbocycles. The molecule has 41 heavy (non-hydrogen) atoms. The van der Waals surface area contributed by atoms with Gasteiger partial charge in [-0.2, -0.15) is 0 Å². The number of phenolic OH excluding ortho intramolecular Hbond substituents is 1. The highest BCUT2D eigenvalue weighted by atomic mass is 16.5. The molecule has 0 radical (unpaired) electrons. The van der Waals surface area contributed by atoms with Crippen LogP contribution in [0, 0.1) is 25.7 Å². The second kappa shape index (κ2) is 9.74. The largest absolute Gasteiger partial charge is 0.504 e. The minimum atomic E-state index is -0.931. The first-order valence-corrected chi connectivity index (χ1v) is 16.0. The van der Waals surface area contributed by atoms with E-state index in [2.05, 4.69) is 61.8 Å². The molecule has 2 heterocycles. The van der Waals surface area contributed by atoms with Gasteiger partial charge in [0.05, 0.1) is 17.1 Å². The Morgan fingerprint density at radius 3 is 2.66 bits per heavy atom. The molecular weight excluding hydrogens is 512 g/mol. The van der Waals surface area contributed by atoms with Gasteiger partial charge in [0.25, 0.3) is 0 Å². The van der Waals surface area contributed by atoms with Crippen molar-refractivity contribution in [1.29, 1.82) is 0 Å². The van der Waals surface area contributed by atoms with E-state index < -0.39 is 11.0 Å². The van der Waals surface area contributed by atoms with Gasteiger partial charge in [-0.15, -0.1) is 0 Å². The predicted octanol–water partition coefficient (Wildman–Crippen LogP) is 5.06. The Balaban J connectivity index is 1.24. The highest BCUT2D eigenvalue weighted by molar-refractivity contribution is 5.77. The molecule has 6 heteroatoms. The number of aryl methyl sites for hydroxylation is 3. The quantitative estimate of drug-likeness (QED) is 0.474. The Hall–Kier alpha value is -2.57. The van der Waals surface area contributed by atoms with Crippen LogP contribution in [-0.2, 0) is 23.1 Å². The van der Waals surface area contributed by atoms with Gasteiger partial charge < -0.3 is 19.8 Å². The molecule has 3 aliphatic carbocycles. The van der Waals surface area contributed by atoms with E-state index in [9.17, 15) is 15.0 Å². The van der Waals surface area contributed by atoms with Crippen LogP contribution in [0.5, 0.6) is 11.5 Å². The molecule has 1 spiro atoms. The fourth-order valence-corrected chi connectivity index (χ4v) is 8.94. The molecule has 0 aromatic heterocycles. The summed E-state index contributed by atoms with van der Waals surface area (Å²) in [5.74, 6) is 1.94. The summed E-state index contributed by atoms with van der Waals surface area (Å²) in [6.45, 7) is 11.2. The lowest BCUT2D eigenvalue weighted by Gasteiger charge is -2.65. The molecular formula is C35H46N2O4. The normalized spacial score (nSPS) is 31.6. The van der Waals surface area contributed by atoms with Crippen LogP contribution in [0.3, 0.4) is 0 Å². The highest BCUT2D eigenvalue weighted by Gasteiger charge is 2.73. The number of benzene rings is 2. The molecule has 1 amide bonds. The van der Waals surface area contributed by atoms with Gasteiger partial charge in [-0.1, -0.05) is 38.1 Å². The molecule has 7 rings (SSSR count). The van der Waals surface area contributed by atoms with Crippen molar-refractivity contribution in [3.8, 4) is 11.5 Å². The minimum absolute atomic E-state index is 0.0471. The summed E-state index contributed by atoms with van der Waals surface area (Å²) in [5, 5.41) is 23.8. The number of nitrogens with zero attached hydrogens (tertiary/aromatic N) is 2. The van der Waals surface area contributed by atoms with Crippen LogP contribution in [0.1, 0.15) is 80.2 Å². The zero-order valence-electron chi connectivity index (χ0n) is 25.2. The number of carbonyl (C=O) groups is 1. The van der Waals surface area contributed by atoms with Crippen molar-refractivity contribution in [3.05, 3.63) is 58.1 Å². The third-order valence-electron chi connectivity index (χ3n) is 11.2. The Kier molecular flexibility index (Phi) is 6.48. The molecule has 2 aromatic carbocycles. The maximum Gasteiger partial charge on any atom is 0.223 e. The van der Waals surface area contributed by atoms with Gasteiger partial charge in [-0.3, -0.25) is 9.69 Å². The second-order valence-electron chi connectivity index (χ2n) is 14.3. The van der Waals surface area contributed by atoms with Crippen molar-refractivity contribution >= 4 is 5.91 Å². The van der Waals surface area contributed by atoms with E-state index in [0.29, 0.717) is 43.9 Å². The topological polar surface area (TPSA) is 73.2 Å². The molecule has 2 aliphatic heterocycles. The highest BCUT2D eigenvalue weighted by Crippen LogP contribution is 2.66. The number of rotatable bonds is 8.